The van der Waals surface area contributed by atoms with Gasteiger partial charge < -0.3 is 33.9 Å². The maximum Gasteiger partial charge on any atom is 0.323 e. The highest BCUT2D eigenvalue weighted by atomic mass is 35.5. The van der Waals surface area contributed by atoms with Crippen LogP contribution in [0.15, 0.2) is 73.3 Å². The molecule has 0 bridgehead atoms. The Morgan fingerprint density at radius 3 is 1.47 bits per heavy atom. The summed E-state index contributed by atoms with van der Waals surface area (Å²) in [6.07, 6.45) is 7.88. The van der Waals surface area contributed by atoms with E-state index in [-0.39, 0.29) is 46.9 Å². The van der Waals surface area contributed by atoms with Gasteiger partial charge in [0.15, 0.2) is 0 Å². The fourth-order valence-electron chi connectivity index (χ4n) is 5.70. The average Bonchev–Trinajstić information content (AvgIpc) is 3.81. The van der Waals surface area contributed by atoms with Gasteiger partial charge in [-0.3, -0.25) is 10.6 Å². The van der Waals surface area contributed by atoms with E-state index < -0.39 is 8.32 Å². The minimum Gasteiger partial charge on any atom is -0.542 e. The van der Waals surface area contributed by atoms with Crippen LogP contribution in [0.5, 0.6) is 11.5 Å². The van der Waals surface area contributed by atoms with Gasteiger partial charge in [0.05, 0.1) is 24.8 Å². The van der Waals surface area contributed by atoms with Crippen LogP contribution in [-0.4, -0.2) is 121 Å². The molecule has 3 aliphatic heterocycles. The number of pyridine rings is 4. The normalized spacial score (nSPS) is 15.4. The van der Waals surface area contributed by atoms with Crippen molar-refractivity contribution in [1.82, 2.24) is 29.7 Å². The number of carbonyl (C=O) groups excluding carboxylic acids is 2. The molecule has 7 heterocycles. The number of halogens is 3. The van der Waals surface area contributed by atoms with Gasteiger partial charge in [0.25, 0.3) is 8.32 Å². The molecule has 0 saturated carbocycles. The summed E-state index contributed by atoms with van der Waals surface area (Å²) in [6.45, 7) is 17.6. The lowest BCUT2D eigenvalue weighted by atomic mass is 10.2. The zero-order valence-electron chi connectivity index (χ0n) is 34.2. The molecule has 3 N–H and O–H groups in total. The number of urea groups is 2. The van der Waals surface area contributed by atoms with Gasteiger partial charge in [-0.25, -0.2) is 38.3 Å². The Hall–Kier alpha value is -5.33. The van der Waals surface area contributed by atoms with Crippen molar-refractivity contribution in [3.63, 3.8) is 0 Å². The molecule has 3 fully saturated rings. The largest absolute Gasteiger partial charge is 0.542 e. The van der Waals surface area contributed by atoms with Crippen molar-refractivity contribution in [2.75, 3.05) is 86.0 Å². The number of nitrogens with zero attached hydrogens (tertiary/aromatic N) is 8. The predicted molar refractivity (Wildman–Crippen MR) is 229 cm³/mol. The summed E-state index contributed by atoms with van der Waals surface area (Å²) in [5.74, 6) is 2.34. The van der Waals surface area contributed by atoms with E-state index >= 15 is 0 Å². The maximum absolute atomic E-state index is 13.0. The van der Waals surface area contributed by atoms with Crippen LogP contribution in [0.3, 0.4) is 0 Å². The minimum atomic E-state index is -1.93. The summed E-state index contributed by atoms with van der Waals surface area (Å²) in [6, 6.07) is 12.2. The first-order valence-electron chi connectivity index (χ1n) is 19.4. The summed E-state index contributed by atoms with van der Waals surface area (Å²) in [7, 11) is -1.93. The number of piperazine rings is 2. The number of ether oxygens (including phenoxy) is 1. The first kappa shape index (κ1) is 46.4. The fourth-order valence-corrected chi connectivity index (χ4v) is 6.71. The first-order chi connectivity index (χ1) is 27.7. The topological polar surface area (TPSA) is 161 Å². The van der Waals surface area contributed by atoms with E-state index in [0.717, 1.165) is 24.8 Å². The first-order valence-corrected chi connectivity index (χ1v) is 22.3. The Labute approximate surface area is 351 Å². The van der Waals surface area contributed by atoms with Crippen molar-refractivity contribution in [2.45, 2.75) is 51.7 Å². The molecule has 320 valence electrons. The molecule has 0 unspecified atom stereocenters. The molecule has 0 aromatic carbocycles. The van der Waals surface area contributed by atoms with Crippen LogP contribution in [0.25, 0.3) is 0 Å². The predicted octanol–water partition coefficient (Wildman–Crippen LogP) is 7.25. The second kappa shape index (κ2) is 21.6. The number of aromatic hydroxyl groups is 1. The van der Waals surface area contributed by atoms with E-state index in [1.54, 1.807) is 34.2 Å². The Kier molecular flexibility index (Phi) is 17.0. The number of rotatable bonds is 6. The quantitative estimate of drug-likeness (QED) is 0.168. The monoisotopic (exact) mass is 856 g/mol. The molecule has 4 amide bonds. The molecule has 4 aromatic heterocycles. The molecule has 19 heteroatoms. The summed E-state index contributed by atoms with van der Waals surface area (Å²) in [5.41, 5.74) is 0. The maximum atomic E-state index is 13.0. The molecule has 0 atom stereocenters. The molecule has 7 rings (SSSR count). The number of amides is 4. The van der Waals surface area contributed by atoms with E-state index in [9.17, 15) is 23.5 Å². The molecular formula is C40H55ClF2N10O5Si. The zero-order chi connectivity index (χ0) is 41.7. The molecule has 0 aliphatic carbocycles. The van der Waals surface area contributed by atoms with Gasteiger partial charge in [0.1, 0.15) is 46.4 Å². The van der Waals surface area contributed by atoms with Crippen molar-refractivity contribution in [2.24, 2.45) is 0 Å². The second-order valence-corrected chi connectivity index (χ2v) is 20.2. The Morgan fingerprint density at radius 1 is 0.678 bits per heavy atom. The van der Waals surface area contributed by atoms with Gasteiger partial charge in [-0.1, -0.05) is 20.8 Å². The van der Waals surface area contributed by atoms with Gasteiger partial charge in [0, 0.05) is 65.6 Å². The fraction of sp³-hybridized carbons (Fsp3) is 0.450. The van der Waals surface area contributed by atoms with Crippen molar-refractivity contribution in [1.29, 1.82) is 0 Å². The molecule has 3 saturated heterocycles. The van der Waals surface area contributed by atoms with E-state index in [2.05, 4.69) is 64.4 Å². The molecule has 4 aromatic rings. The second-order valence-electron chi connectivity index (χ2n) is 15.4. The number of hydrogen-bond donors (Lipinski definition) is 3. The third-order valence-corrected chi connectivity index (χ3v) is 14.5. The summed E-state index contributed by atoms with van der Waals surface area (Å²) < 4.78 is 37.1. The summed E-state index contributed by atoms with van der Waals surface area (Å²) >= 11 is 0. The molecule has 15 nitrogen and oxygen atoms in total. The SMILES string of the molecule is C1CCOC1.CC(C)(C)[Si](C)(C)Oc1ccc(NC(=O)N2CCN(c3ccc(F)cn3)CC2)nc1.Cl.O=C(Nc1ccc(O)cn1)N1CCN(c2ccc(F)cn2)CC1. The lowest BCUT2D eigenvalue weighted by molar-refractivity contribution is 0.198. The highest BCUT2D eigenvalue weighted by Gasteiger charge is 2.39. The smallest absolute Gasteiger partial charge is 0.323 e. The number of nitrogens with one attached hydrogen (secondary N) is 2. The van der Waals surface area contributed by atoms with Crippen LogP contribution in [0.4, 0.5) is 41.6 Å². The Bertz CT molecular complexity index is 1880. The standard InChI is InChI=1S/C21H30FN5O2Si.C15H16FN5O2.C4H8O.ClH/c1-21(2,3)30(4,5)29-17-7-8-18(23-15-17)25-20(28)27-12-10-26(11-13-27)19-9-6-16(22)14-24-19;16-11-1-4-14(18-9-11)20-5-7-21(8-6-20)15(23)19-13-3-2-12(22)10-17-13;1-2-4-5-3-1;/h6-9,14-15H,10-13H2,1-5H3,(H,23,25,28);1-4,9-10,22H,5-8H2,(H,17,19,23);1-4H2;1H. The molecule has 3 aliphatic rings. The van der Waals surface area contributed by atoms with Crippen LogP contribution in [-0.2, 0) is 4.74 Å². The minimum absolute atomic E-state index is 0. The highest BCUT2D eigenvalue weighted by molar-refractivity contribution is 6.74. The van der Waals surface area contributed by atoms with Crippen LogP contribution in [0.1, 0.15) is 33.6 Å². The van der Waals surface area contributed by atoms with Crippen molar-refractivity contribution in [3.8, 4) is 11.5 Å². The van der Waals surface area contributed by atoms with Crippen LogP contribution in [0, 0.1) is 11.6 Å². The lowest BCUT2D eigenvalue weighted by Gasteiger charge is -2.36. The third kappa shape index (κ3) is 14.2. The van der Waals surface area contributed by atoms with Crippen molar-refractivity contribution in [3.05, 3.63) is 85.0 Å². The summed E-state index contributed by atoms with van der Waals surface area (Å²) in [5, 5.41) is 14.8. The average molecular weight is 857 g/mol. The molecule has 0 spiro atoms. The zero-order valence-corrected chi connectivity index (χ0v) is 36.1. The highest BCUT2D eigenvalue weighted by Crippen LogP contribution is 2.37. The van der Waals surface area contributed by atoms with Gasteiger partial charge in [-0.15, -0.1) is 12.4 Å². The van der Waals surface area contributed by atoms with Gasteiger partial charge >= 0.3 is 12.1 Å². The Balaban J connectivity index is 0.000000234. The Morgan fingerprint density at radius 2 is 1.14 bits per heavy atom. The van der Waals surface area contributed by atoms with E-state index in [4.69, 9.17) is 9.16 Å². The van der Waals surface area contributed by atoms with Crippen LogP contribution in [0.2, 0.25) is 18.1 Å². The molecular weight excluding hydrogens is 802 g/mol. The number of hydrogen-bond acceptors (Lipinski definition) is 11. The number of carbonyl (C=O) groups is 2. The lowest BCUT2D eigenvalue weighted by Crippen LogP contribution is -2.50. The van der Waals surface area contributed by atoms with Gasteiger partial charge in [0.2, 0.25) is 0 Å². The molecule has 0 radical (unpaired) electrons. The van der Waals surface area contributed by atoms with Crippen LogP contribution < -0.4 is 24.9 Å². The van der Waals surface area contributed by atoms with E-state index in [0.29, 0.717) is 69.8 Å². The van der Waals surface area contributed by atoms with E-state index in [1.807, 2.05) is 15.9 Å². The van der Waals surface area contributed by atoms with Gasteiger partial charge in [-0.05, 0) is 79.5 Å². The van der Waals surface area contributed by atoms with Crippen molar-refractivity contribution >= 4 is 56.1 Å². The summed E-state index contributed by atoms with van der Waals surface area (Å²) in [4.78, 5) is 48.6. The molecule has 59 heavy (non-hydrogen) atoms. The van der Waals surface area contributed by atoms with E-state index in [1.165, 1.54) is 55.7 Å². The number of anilines is 4. The van der Waals surface area contributed by atoms with Gasteiger partial charge in [-0.2, -0.15) is 0 Å². The van der Waals surface area contributed by atoms with Crippen molar-refractivity contribution < 1.29 is 32.6 Å². The number of aromatic nitrogens is 4. The van der Waals surface area contributed by atoms with Crippen LogP contribution >= 0.6 is 12.4 Å². The third-order valence-electron chi connectivity index (χ3n) is 10.2.